The van der Waals surface area contributed by atoms with Gasteiger partial charge in [0.05, 0.1) is 11.4 Å². The zero-order valence-electron chi connectivity index (χ0n) is 16.7. The molecule has 3 aliphatic rings. The van der Waals surface area contributed by atoms with Crippen LogP contribution in [0, 0.1) is 11.8 Å². The second-order valence-electron chi connectivity index (χ2n) is 8.92. The molecule has 2 aromatic rings. The van der Waals surface area contributed by atoms with Gasteiger partial charge in [-0.1, -0.05) is 13.8 Å². The quantitative estimate of drug-likeness (QED) is 0.832. The van der Waals surface area contributed by atoms with Crippen LogP contribution in [0.15, 0.2) is 12.4 Å². The molecule has 2 unspecified atom stereocenters. The summed E-state index contributed by atoms with van der Waals surface area (Å²) >= 11 is 0. The van der Waals surface area contributed by atoms with Crippen LogP contribution < -0.4 is 4.90 Å². The minimum absolute atomic E-state index is 0.449. The average molecular weight is 367 g/mol. The molecule has 6 nitrogen and oxygen atoms in total. The number of rotatable bonds is 4. The van der Waals surface area contributed by atoms with Crippen molar-refractivity contribution in [3.8, 4) is 0 Å². The van der Waals surface area contributed by atoms with E-state index in [2.05, 4.69) is 51.4 Å². The highest BCUT2D eigenvalue weighted by molar-refractivity contribution is 5.41. The Morgan fingerprint density at radius 2 is 1.85 bits per heavy atom. The van der Waals surface area contributed by atoms with E-state index in [-0.39, 0.29) is 0 Å². The number of aryl methyl sites for hydroxylation is 2. The van der Waals surface area contributed by atoms with Crippen LogP contribution >= 0.6 is 0 Å². The fourth-order valence-electron chi connectivity index (χ4n) is 5.25. The third-order valence-electron chi connectivity index (χ3n) is 6.72. The summed E-state index contributed by atoms with van der Waals surface area (Å²) in [7, 11) is 2.12. The average Bonchev–Trinajstić information content (AvgIpc) is 3.37. The first-order chi connectivity index (χ1) is 13.1. The molecule has 1 aliphatic carbocycles. The SMILES string of the molecule is CC(C)c1cc(N2CC3CN(Cc4c5c(nn4C)CCC5)CC3C2)ncn1. The summed E-state index contributed by atoms with van der Waals surface area (Å²) in [6, 6.07) is 2.18. The maximum Gasteiger partial charge on any atom is 0.132 e. The fourth-order valence-corrected chi connectivity index (χ4v) is 5.25. The van der Waals surface area contributed by atoms with Gasteiger partial charge in [-0.25, -0.2) is 9.97 Å². The molecule has 4 heterocycles. The van der Waals surface area contributed by atoms with Gasteiger partial charge in [0, 0.05) is 51.5 Å². The summed E-state index contributed by atoms with van der Waals surface area (Å²) in [6.07, 6.45) is 5.40. The Bertz CT molecular complexity index is 827. The molecule has 144 valence electrons. The van der Waals surface area contributed by atoms with Crippen LogP contribution in [0.1, 0.15) is 48.8 Å². The van der Waals surface area contributed by atoms with Crippen molar-refractivity contribution in [1.82, 2.24) is 24.6 Å². The topological polar surface area (TPSA) is 50.1 Å². The maximum atomic E-state index is 4.75. The molecule has 0 saturated carbocycles. The van der Waals surface area contributed by atoms with Gasteiger partial charge in [0.15, 0.2) is 0 Å². The van der Waals surface area contributed by atoms with E-state index in [0.717, 1.165) is 43.0 Å². The highest BCUT2D eigenvalue weighted by atomic mass is 15.3. The Hall–Kier alpha value is -1.95. The Morgan fingerprint density at radius 3 is 2.59 bits per heavy atom. The summed E-state index contributed by atoms with van der Waals surface area (Å²) in [5, 5.41) is 4.75. The predicted octanol–water partition coefficient (Wildman–Crippen LogP) is 2.39. The summed E-state index contributed by atoms with van der Waals surface area (Å²) < 4.78 is 2.14. The van der Waals surface area contributed by atoms with Crippen LogP contribution in [0.25, 0.3) is 0 Å². The summed E-state index contributed by atoms with van der Waals surface area (Å²) in [4.78, 5) is 14.1. The molecule has 2 aliphatic heterocycles. The molecule has 6 heteroatoms. The standard InChI is InChI=1S/C21H30N6/c1-14(2)19-7-21(23-13-22-19)27-10-15-8-26(9-16(15)11-27)12-20-17-5-4-6-18(17)24-25(20)3/h7,13-16H,4-6,8-12H2,1-3H3. The number of anilines is 1. The molecule has 2 fully saturated rings. The molecule has 5 rings (SSSR count). The molecule has 0 radical (unpaired) electrons. The van der Waals surface area contributed by atoms with Crippen molar-refractivity contribution in [2.45, 2.75) is 45.6 Å². The molecular weight excluding hydrogens is 336 g/mol. The first-order valence-electron chi connectivity index (χ1n) is 10.4. The van der Waals surface area contributed by atoms with Gasteiger partial charge in [0.2, 0.25) is 0 Å². The molecule has 0 amide bonds. The second kappa shape index (κ2) is 6.59. The summed E-state index contributed by atoms with van der Waals surface area (Å²) in [5.74, 6) is 3.07. The molecule has 0 bridgehead atoms. The Morgan fingerprint density at radius 1 is 1.07 bits per heavy atom. The van der Waals surface area contributed by atoms with Gasteiger partial charge in [-0.2, -0.15) is 5.10 Å². The number of hydrogen-bond donors (Lipinski definition) is 0. The number of aromatic nitrogens is 4. The number of nitrogens with zero attached hydrogens (tertiary/aromatic N) is 6. The Balaban J connectivity index is 1.24. The fraction of sp³-hybridized carbons (Fsp3) is 0.667. The van der Waals surface area contributed by atoms with E-state index in [1.165, 1.54) is 43.7 Å². The van der Waals surface area contributed by atoms with Crippen LogP contribution in [-0.4, -0.2) is 50.8 Å². The minimum Gasteiger partial charge on any atom is -0.356 e. The van der Waals surface area contributed by atoms with Crippen LogP contribution in [-0.2, 0) is 26.4 Å². The lowest BCUT2D eigenvalue weighted by Gasteiger charge is -2.23. The lowest BCUT2D eigenvalue weighted by atomic mass is 10.0. The van der Waals surface area contributed by atoms with Gasteiger partial charge < -0.3 is 4.90 Å². The zero-order chi connectivity index (χ0) is 18.5. The van der Waals surface area contributed by atoms with Crippen molar-refractivity contribution in [3.05, 3.63) is 35.0 Å². The van der Waals surface area contributed by atoms with E-state index < -0.39 is 0 Å². The van der Waals surface area contributed by atoms with E-state index in [1.54, 1.807) is 11.9 Å². The van der Waals surface area contributed by atoms with Crippen LogP contribution in [0.4, 0.5) is 5.82 Å². The van der Waals surface area contributed by atoms with E-state index in [4.69, 9.17) is 5.10 Å². The summed E-state index contributed by atoms with van der Waals surface area (Å²) in [5.41, 5.74) is 5.49. The molecule has 2 aromatic heterocycles. The van der Waals surface area contributed by atoms with Crippen LogP contribution in [0.3, 0.4) is 0 Å². The molecule has 2 atom stereocenters. The van der Waals surface area contributed by atoms with E-state index >= 15 is 0 Å². The Labute approximate surface area is 161 Å². The van der Waals surface area contributed by atoms with Crippen molar-refractivity contribution < 1.29 is 0 Å². The minimum atomic E-state index is 0.449. The monoisotopic (exact) mass is 366 g/mol. The third kappa shape index (κ3) is 3.04. The van der Waals surface area contributed by atoms with Gasteiger partial charge in [-0.15, -0.1) is 0 Å². The first-order valence-corrected chi connectivity index (χ1v) is 10.4. The van der Waals surface area contributed by atoms with E-state index in [1.807, 2.05) is 0 Å². The van der Waals surface area contributed by atoms with Crippen molar-refractivity contribution in [2.24, 2.45) is 18.9 Å². The van der Waals surface area contributed by atoms with Crippen molar-refractivity contribution >= 4 is 5.82 Å². The van der Waals surface area contributed by atoms with Gasteiger partial charge in [0.1, 0.15) is 12.1 Å². The van der Waals surface area contributed by atoms with Gasteiger partial charge in [0.25, 0.3) is 0 Å². The largest absolute Gasteiger partial charge is 0.356 e. The Kier molecular flexibility index (Phi) is 4.19. The molecule has 0 aromatic carbocycles. The van der Waals surface area contributed by atoms with Gasteiger partial charge in [-0.3, -0.25) is 9.58 Å². The second-order valence-corrected chi connectivity index (χ2v) is 8.92. The molecule has 2 saturated heterocycles. The number of likely N-dealkylation sites (tertiary alicyclic amines) is 1. The molecule has 27 heavy (non-hydrogen) atoms. The van der Waals surface area contributed by atoms with E-state index in [9.17, 15) is 0 Å². The van der Waals surface area contributed by atoms with Crippen molar-refractivity contribution in [3.63, 3.8) is 0 Å². The van der Waals surface area contributed by atoms with Crippen LogP contribution in [0.2, 0.25) is 0 Å². The maximum absolute atomic E-state index is 4.75. The highest BCUT2D eigenvalue weighted by Gasteiger charge is 2.41. The highest BCUT2D eigenvalue weighted by Crippen LogP contribution is 2.35. The molecule has 0 spiro atoms. The van der Waals surface area contributed by atoms with Crippen LogP contribution in [0.5, 0.6) is 0 Å². The third-order valence-corrected chi connectivity index (χ3v) is 6.72. The van der Waals surface area contributed by atoms with Crippen molar-refractivity contribution in [2.75, 3.05) is 31.1 Å². The zero-order valence-corrected chi connectivity index (χ0v) is 16.7. The number of hydrogen-bond acceptors (Lipinski definition) is 5. The lowest BCUT2D eigenvalue weighted by Crippen LogP contribution is -2.30. The van der Waals surface area contributed by atoms with Gasteiger partial charge in [-0.05, 0) is 42.6 Å². The van der Waals surface area contributed by atoms with E-state index in [0.29, 0.717) is 5.92 Å². The number of fused-ring (bicyclic) bond motifs is 2. The summed E-state index contributed by atoms with van der Waals surface area (Å²) in [6.45, 7) is 10.1. The van der Waals surface area contributed by atoms with Crippen molar-refractivity contribution in [1.29, 1.82) is 0 Å². The molecular formula is C21H30N6. The smallest absolute Gasteiger partial charge is 0.132 e. The van der Waals surface area contributed by atoms with Gasteiger partial charge >= 0.3 is 0 Å². The normalized spacial score (nSPS) is 24.8. The predicted molar refractivity (Wildman–Crippen MR) is 106 cm³/mol. The first kappa shape index (κ1) is 17.2. The lowest BCUT2D eigenvalue weighted by molar-refractivity contribution is 0.299. The molecule has 0 N–H and O–H groups in total.